The molecular weight excluding hydrogens is 875 g/mol. The van der Waals surface area contributed by atoms with Crippen molar-refractivity contribution in [2.75, 3.05) is 45.1 Å². The maximum absolute atomic E-state index is 14.8. The summed E-state index contributed by atoms with van der Waals surface area (Å²) in [6.07, 6.45) is 6.19. The Morgan fingerprint density at radius 1 is 0.985 bits per heavy atom. The Morgan fingerprint density at radius 2 is 1.68 bits per heavy atom. The number of nitrogens with one attached hydrogen (secondary N) is 1. The van der Waals surface area contributed by atoms with E-state index in [1.807, 2.05) is 11.9 Å². The zero-order valence-electron chi connectivity index (χ0n) is 41.0. The van der Waals surface area contributed by atoms with Crippen LogP contribution >= 0.6 is 0 Å². The lowest BCUT2D eigenvalue weighted by Crippen LogP contribution is -2.47. The minimum atomic E-state index is -1.94. The van der Waals surface area contributed by atoms with Gasteiger partial charge in [0.2, 0.25) is 0 Å². The molecule has 1 spiro atoms. The third-order valence-electron chi connectivity index (χ3n) is 14.4. The first-order chi connectivity index (χ1) is 32.0. The predicted octanol–water partition coefficient (Wildman–Crippen LogP) is 4.74. The monoisotopic (exact) mass is 943 g/mol. The van der Waals surface area contributed by atoms with Crippen LogP contribution in [0.5, 0.6) is 17.2 Å². The second kappa shape index (κ2) is 19.9. The SMILES string of the molecule is C/C1=C/C=C/C(C)[C@H](O)[C@@H](C)[C@@H](O)C[C@H](OC(=O)C(C)C(=O)OC2CCN(C)C2)[C@H](C)C/C=C/OC2(C)Oc3c(C)c(O)c4c(O)c(c5c(c4c3C2=O)NC2(CCN(CC(C)C)CC2)N=5)=NC1=O. The fourth-order valence-corrected chi connectivity index (χ4v) is 9.86. The van der Waals surface area contributed by atoms with Gasteiger partial charge in [0, 0.05) is 87.3 Å². The van der Waals surface area contributed by atoms with E-state index >= 15 is 0 Å². The van der Waals surface area contributed by atoms with E-state index in [-0.39, 0.29) is 68.6 Å². The Kier molecular flexibility index (Phi) is 14.8. The smallest absolute Gasteiger partial charge is 0.320 e. The normalized spacial score (nSPS) is 31.2. The van der Waals surface area contributed by atoms with Crippen LogP contribution in [-0.4, -0.2) is 129 Å². The number of phenols is 2. The van der Waals surface area contributed by atoms with Crippen LogP contribution in [0.4, 0.5) is 5.69 Å². The summed E-state index contributed by atoms with van der Waals surface area (Å²) >= 11 is 0. The summed E-state index contributed by atoms with van der Waals surface area (Å²) in [5, 5.41) is 50.6. The molecule has 17 nitrogen and oxygen atoms in total. The Labute approximate surface area is 397 Å². The summed E-state index contributed by atoms with van der Waals surface area (Å²) in [7, 11) is 1.92. The first-order valence-electron chi connectivity index (χ1n) is 24.0. The molecule has 0 aromatic heterocycles. The molecule has 0 radical (unpaired) electrons. The maximum atomic E-state index is 14.8. The molecule has 1 amide bonds. The standard InChI is InChI=1S/C51H69N5O12/c1-26(2)24-56-20-17-51(18-21-56)53-39-36-37-43(59)31(7)45-38(36)46(61)50(9,68-45)65-22-12-15-27(3)35(67-49(64)32(8)48(63)66-33-16-19-55(10)25-33)23-34(57)30(6)42(58)28(4)13-11-14-29(5)47(62)52-41(44(37)60)40(39)54-51/h11-14,22,26-28,30,32-35,42,53,57-60H,15-21,23-25H2,1-10H3/b13-11+,22-12+,29-14-,52-41?/t27-,28?,30+,32?,33?,34+,35+,42+,50?/m1/s1. The fraction of sp³-hybridized carbons (Fsp3) is 0.608. The highest BCUT2D eigenvalue weighted by molar-refractivity contribution is 6.21. The lowest BCUT2D eigenvalue weighted by molar-refractivity contribution is -0.169. The van der Waals surface area contributed by atoms with Crippen molar-refractivity contribution in [2.45, 2.75) is 130 Å². The zero-order valence-corrected chi connectivity index (χ0v) is 41.0. The van der Waals surface area contributed by atoms with Gasteiger partial charge >= 0.3 is 17.7 Å². The van der Waals surface area contributed by atoms with Crippen LogP contribution in [0.15, 0.2) is 46.1 Å². The molecule has 2 aromatic rings. The minimum absolute atomic E-state index is 0.0515. The van der Waals surface area contributed by atoms with E-state index in [9.17, 15) is 39.6 Å². The number of phenolic OH excluding ortho intramolecular Hbond substituents is 2. The van der Waals surface area contributed by atoms with E-state index < -0.39 is 82.8 Å². The van der Waals surface area contributed by atoms with Crippen LogP contribution in [0.2, 0.25) is 0 Å². The van der Waals surface area contributed by atoms with E-state index in [0.717, 1.165) is 13.1 Å². The van der Waals surface area contributed by atoms with Crippen molar-refractivity contribution in [1.29, 1.82) is 0 Å². The number of aliphatic hydroxyl groups is 2. The van der Waals surface area contributed by atoms with E-state index in [4.69, 9.17) is 23.9 Å². The van der Waals surface area contributed by atoms with E-state index in [1.165, 1.54) is 26.2 Å². The molecule has 370 valence electrons. The van der Waals surface area contributed by atoms with Crippen molar-refractivity contribution in [3.63, 3.8) is 0 Å². The van der Waals surface area contributed by atoms with Gasteiger partial charge in [0.25, 0.3) is 11.7 Å². The molecule has 2 saturated heterocycles. The van der Waals surface area contributed by atoms with Crippen molar-refractivity contribution in [2.24, 2.45) is 39.6 Å². The molecule has 2 fully saturated rings. The number of piperidine rings is 1. The van der Waals surface area contributed by atoms with Gasteiger partial charge in [0.15, 0.2) is 11.7 Å². The Bertz CT molecular complexity index is 2550. The van der Waals surface area contributed by atoms with Crippen LogP contribution in [0.1, 0.15) is 103 Å². The highest BCUT2D eigenvalue weighted by Gasteiger charge is 2.50. The number of ether oxygens (including phenoxy) is 4. The number of nitrogens with zero attached hydrogens (tertiary/aromatic N) is 4. The average molecular weight is 944 g/mol. The first kappa shape index (κ1) is 50.5. The van der Waals surface area contributed by atoms with Crippen molar-refractivity contribution in [3.05, 3.63) is 58.0 Å². The van der Waals surface area contributed by atoms with Crippen LogP contribution < -0.4 is 20.8 Å². The van der Waals surface area contributed by atoms with Crippen molar-refractivity contribution in [3.8, 4) is 17.2 Å². The van der Waals surface area contributed by atoms with Crippen molar-refractivity contribution in [1.82, 2.24) is 9.80 Å². The molecule has 68 heavy (non-hydrogen) atoms. The van der Waals surface area contributed by atoms with Gasteiger partial charge in [-0.2, -0.15) is 0 Å². The second-order valence-electron chi connectivity index (χ2n) is 20.4. The molecule has 9 atom stereocenters. The number of ketones is 1. The topological polar surface area (TPSA) is 229 Å². The number of likely N-dealkylation sites (tertiary alicyclic amines) is 2. The number of anilines is 1. The minimum Gasteiger partial charge on any atom is -0.507 e. The number of hydrogen-bond acceptors (Lipinski definition) is 16. The van der Waals surface area contributed by atoms with Gasteiger partial charge in [-0.3, -0.25) is 24.2 Å². The molecule has 4 unspecified atom stereocenters. The van der Waals surface area contributed by atoms with E-state index in [1.54, 1.807) is 52.8 Å². The lowest BCUT2D eigenvalue weighted by Gasteiger charge is -2.38. The number of esters is 2. The molecule has 2 aromatic carbocycles. The van der Waals surface area contributed by atoms with Gasteiger partial charge in [-0.25, -0.2) is 4.99 Å². The van der Waals surface area contributed by atoms with Gasteiger partial charge in [-0.05, 0) is 58.6 Å². The summed E-state index contributed by atoms with van der Waals surface area (Å²) < 4.78 is 24.0. The number of likely N-dealkylation sites (N-methyl/N-ethyl adjacent to an activating group) is 1. The number of amides is 1. The third-order valence-corrected chi connectivity index (χ3v) is 14.4. The maximum Gasteiger partial charge on any atom is 0.320 e. The number of Topliss-reactive ketones (excluding diaryl/α,β-unsaturated/α-hetero) is 1. The van der Waals surface area contributed by atoms with E-state index in [0.29, 0.717) is 50.5 Å². The van der Waals surface area contributed by atoms with Crippen LogP contribution in [-0.2, 0) is 28.6 Å². The van der Waals surface area contributed by atoms with Crippen molar-refractivity contribution >= 4 is 40.1 Å². The summed E-state index contributed by atoms with van der Waals surface area (Å²) in [5.41, 5.74) is -0.149. The third kappa shape index (κ3) is 10.0. The van der Waals surface area contributed by atoms with Crippen LogP contribution in [0.3, 0.4) is 0 Å². The fourth-order valence-electron chi connectivity index (χ4n) is 9.86. The lowest BCUT2D eigenvalue weighted by atomic mass is 9.84. The highest BCUT2D eigenvalue weighted by atomic mass is 16.7. The van der Waals surface area contributed by atoms with Crippen LogP contribution in [0, 0.1) is 36.5 Å². The molecule has 6 aliphatic heterocycles. The van der Waals surface area contributed by atoms with Gasteiger partial charge in [0.05, 0.1) is 35.1 Å². The van der Waals surface area contributed by atoms with Crippen molar-refractivity contribution < 1.29 is 58.6 Å². The second-order valence-corrected chi connectivity index (χ2v) is 20.4. The molecule has 0 aliphatic carbocycles. The Balaban J connectivity index is 1.28. The van der Waals surface area contributed by atoms with Gasteiger partial charge in [-0.1, -0.05) is 52.8 Å². The Hall–Kier alpha value is -5.36. The number of carbonyl (C=O) groups is 4. The molecule has 5 N–H and O–H groups in total. The van der Waals surface area contributed by atoms with Gasteiger partial charge < -0.3 is 54.5 Å². The molecule has 5 bridgehead atoms. The number of aromatic hydroxyl groups is 2. The zero-order chi connectivity index (χ0) is 49.6. The predicted molar refractivity (Wildman–Crippen MR) is 252 cm³/mol. The number of benzene rings is 2. The summed E-state index contributed by atoms with van der Waals surface area (Å²) in [5.74, 6) is -8.11. The number of fused-ring (bicyclic) bond motifs is 13. The quantitative estimate of drug-likeness (QED) is 0.150. The summed E-state index contributed by atoms with van der Waals surface area (Å²) in [4.78, 5) is 69.3. The molecule has 6 heterocycles. The summed E-state index contributed by atoms with van der Waals surface area (Å²) in [6.45, 7) is 19.2. The molecular formula is C51H69N5O12. The molecule has 17 heteroatoms. The number of rotatable bonds is 6. The number of hydrogen-bond donors (Lipinski definition) is 5. The molecule has 0 saturated carbocycles. The van der Waals surface area contributed by atoms with Crippen LogP contribution in [0.25, 0.3) is 10.8 Å². The van der Waals surface area contributed by atoms with E-state index in [2.05, 4.69) is 29.1 Å². The molecule has 8 rings (SSSR count). The molecule has 6 aliphatic rings. The number of carbonyl (C=O) groups excluding carboxylic acids is 4. The van der Waals surface area contributed by atoms with Gasteiger partial charge in [0.1, 0.15) is 40.1 Å². The number of aliphatic hydroxyl groups excluding tert-OH is 2. The Morgan fingerprint density at radius 3 is 2.34 bits per heavy atom. The van der Waals surface area contributed by atoms with Gasteiger partial charge in [-0.15, -0.1) is 0 Å². The summed E-state index contributed by atoms with van der Waals surface area (Å²) in [6, 6.07) is 0. The first-order valence-corrected chi connectivity index (χ1v) is 24.0. The average Bonchev–Trinajstić information content (AvgIpc) is 3.96. The largest absolute Gasteiger partial charge is 0.507 e. The number of allylic oxidation sites excluding steroid dienone is 3. The highest BCUT2D eigenvalue weighted by Crippen LogP contribution is 2.51.